The van der Waals surface area contributed by atoms with Crippen LogP contribution >= 0.6 is 11.6 Å². The third kappa shape index (κ3) is 2.73. The summed E-state index contributed by atoms with van der Waals surface area (Å²) in [4.78, 5) is 11.6. The maximum absolute atomic E-state index is 11.6. The molecule has 0 saturated heterocycles. The number of carbonyl (C=O) groups is 1. The summed E-state index contributed by atoms with van der Waals surface area (Å²) in [6, 6.07) is 7.19. The zero-order valence-corrected chi connectivity index (χ0v) is 10.8. The van der Waals surface area contributed by atoms with Gasteiger partial charge in [0, 0.05) is 10.9 Å². The summed E-state index contributed by atoms with van der Waals surface area (Å²) in [7, 11) is 0. The van der Waals surface area contributed by atoms with E-state index in [0.717, 1.165) is 18.5 Å². The second-order valence-corrected chi connectivity index (χ2v) is 4.91. The zero-order valence-electron chi connectivity index (χ0n) is 10.1. The predicted octanol–water partition coefficient (Wildman–Crippen LogP) is 1.34. The molecule has 0 bridgehead atoms. The van der Waals surface area contributed by atoms with E-state index in [-0.39, 0.29) is 11.8 Å². The molecule has 1 amide bonds. The summed E-state index contributed by atoms with van der Waals surface area (Å²) in [6.45, 7) is 0.324. The van der Waals surface area contributed by atoms with Gasteiger partial charge >= 0.3 is 0 Å². The van der Waals surface area contributed by atoms with Gasteiger partial charge in [0.2, 0.25) is 5.91 Å². The summed E-state index contributed by atoms with van der Waals surface area (Å²) < 4.78 is 1.59. The number of nitrogens with one attached hydrogen (secondary N) is 1. The van der Waals surface area contributed by atoms with E-state index in [1.165, 1.54) is 0 Å². The molecule has 1 aliphatic carbocycles. The number of nitrogens with zero attached hydrogens (tertiary/aromatic N) is 4. The van der Waals surface area contributed by atoms with E-state index in [1.807, 2.05) is 12.1 Å². The molecule has 1 heterocycles. The first kappa shape index (κ1) is 12.1. The van der Waals surface area contributed by atoms with Gasteiger partial charge in [-0.25, -0.2) is 0 Å². The van der Waals surface area contributed by atoms with E-state index in [9.17, 15) is 4.79 Å². The van der Waals surface area contributed by atoms with Gasteiger partial charge in [-0.1, -0.05) is 11.6 Å². The highest BCUT2D eigenvalue weighted by molar-refractivity contribution is 6.30. The van der Waals surface area contributed by atoms with E-state index in [1.54, 1.807) is 16.8 Å². The smallest absolute Gasteiger partial charge is 0.223 e. The zero-order chi connectivity index (χ0) is 13.2. The van der Waals surface area contributed by atoms with Crippen LogP contribution in [0.5, 0.6) is 0 Å². The van der Waals surface area contributed by atoms with E-state index < -0.39 is 0 Å². The summed E-state index contributed by atoms with van der Waals surface area (Å²) in [5, 5.41) is 15.0. The van der Waals surface area contributed by atoms with Crippen LogP contribution < -0.4 is 5.32 Å². The number of tetrazole rings is 1. The van der Waals surface area contributed by atoms with Crippen LogP contribution in [-0.2, 0) is 11.3 Å². The van der Waals surface area contributed by atoms with Gasteiger partial charge in [0.15, 0.2) is 5.82 Å². The molecule has 1 saturated carbocycles. The number of hydrogen-bond donors (Lipinski definition) is 1. The first-order valence-electron chi connectivity index (χ1n) is 6.05. The SMILES string of the molecule is O=C(NCc1nnnn1-c1ccc(Cl)cc1)C1CC1. The van der Waals surface area contributed by atoms with Gasteiger partial charge in [0.25, 0.3) is 0 Å². The lowest BCUT2D eigenvalue weighted by molar-refractivity contribution is -0.122. The highest BCUT2D eigenvalue weighted by atomic mass is 35.5. The maximum Gasteiger partial charge on any atom is 0.223 e. The minimum atomic E-state index is 0.0747. The van der Waals surface area contributed by atoms with E-state index in [2.05, 4.69) is 20.8 Å². The highest BCUT2D eigenvalue weighted by Gasteiger charge is 2.29. The molecule has 2 aromatic rings. The van der Waals surface area contributed by atoms with Crippen LogP contribution in [0.4, 0.5) is 0 Å². The Labute approximate surface area is 114 Å². The topological polar surface area (TPSA) is 72.7 Å². The quantitative estimate of drug-likeness (QED) is 0.915. The molecule has 1 N–H and O–H groups in total. The molecule has 1 aromatic carbocycles. The van der Waals surface area contributed by atoms with Crippen molar-refractivity contribution in [1.29, 1.82) is 0 Å². The van der Waals surface area contributed by atoms with Gasteiger partial charge in [-0.05, 0) is 47.5 Å². The van der Waals surface area contributed by atoms with Crippen molar-refractivity contribution in [1.82, 2.24) is 25.5 Å². The van der Waals surface area contributed by atoms with Gasteiger partial charge in [-0.2, -0.15) is 4.68 Å². The average Bonchev–Trinajstić information content (AvgIpc) is 3.16. The van der Waals surface area contributed by atoms with E-state index >= 15 is 0 Å². The molecule has 98 valence electrons. The summed E-state index contributed by atoms with van der Waals surface area (Å²) >= 11 is 5.84. The number of benzene rings is 1. The number of halogens is 1. The molecule has 7 heteroatoms. The lowest BCUT2D eigenvalue weighted by Crippen LogP contribution is -2.25. The highest BCUT2D eigenvalue weighted by Crippen LogP contribution is 2.28. The second-order valence-electron chi connectivity index (χ2n) is 4.48. The second kappa shape index (κ2) is 4.97. The largest absolute Gasteiger partial charge is 0.348 e. The Morgan fingerprint density at radius 1 is 1.37 bits per heavy atom. The molecule has 1 fully saturated rings. The number of amides is 1. The molecule has 1 aromatic heterocycles. The molecule has 0 aliphatic heterocycles. The first-order valence-corrected chi connectivity index (χ1v) is 6.43. The Bertz CT molecular complexity index is 590. The Kier molecular flexibility index (Phi) is 3.16. The Balaban J connectivity index is 1.74. The molecule has 0 spiro atoms. The van der Waals surface area contributed by atoms with Crippen molar-refractivity contribution in [3.05, 3.63) is 35.1 Å². The maximum atomic E-state index is 11.6. The van der Waals surface area contributed by atoms with Crippen molar-refractivity contribution in [2.75, 3.05) is 0 Å². The van der Waals surface area contributed by atoms with Crippen LogP contribution in [0.15, 0.2) is 24.3 Å². The molecule has 0 atom stereocenters. The minimum absolute atomic E-state index is 0.0747. The average molecular weight is 278 g/mol. The van der Waals surface area contributed by atoms with Gasteiger partial charge in [0.05, 0.1) is 12.2 Å². The molecule has 0 unspecified atom stereocenters. The fourth-order valence-electron chi connectivity index (χ4n) is 1.75. The Morgan fingerprint density at radius 3 is 2.79 bits per heavy atom. The van der Waals surface area contributed by atoms with Crippen LogP contribution in [0.3, 0.4) is 0 Å². The number of carbonyl (C=O) groups excluding carboxylic acids is 1. The fraction of sp³-hybridized carbons (Fsp3) is 0.333. The summed E-state index contributed by atoms with van der Waals surface area (Å²) in [5.41, 5.74) is 0.810. The van der Waals surface area contributed by atoms with Crippen LogP contribution in [-0.4, -0.2) is 26.1 Å². The summed E-state index contributed by atoms with van der Waals surface area (Å²) in [6.07, 6.45) is 1.96. The van der Waals surface area contributed by atoms with Gasteiger partial charge in [-0.3, -0.25) is 4.79 Å². The van der Waals surface area contributed by atoms with Gasteiger partial charge in [0.1, 0.15) is 0 Å². The predicted molar refractivity (Wildman–Crippen MR) is 68.7 cm³/mol. The molecule has 3 rings (SSSR count). The lowest BCUT2D eigenvalue weighted by Gasteiger charge is -2.05. The fourth-order valence-corrected chi connectivity index (χ4v) is 1.88. The molecular formula is C12H12ClN5O. The van der Waals surface area contributed by atoms with Crippen LogP contribution in [0.1, 0.15) is 18.7 Å². The van der Waals surface area contributed by atoms with Crippen molar-refractivity contribution in [3.63, 3.8) is 0 Å². The van der Waals surface area contributed by atoms with Crippen molar-refractivity contribution in [3.8, 4) is 5.69 Å². The first-order chi connectivity index (χ1) is 9.24. The normalized spacial score (nSPS) is 14.4. The Hall–Kier alpha value is -1.95. The van der Waals surface area contributed by atoms with Crippen LogP contribution in [0, 0.1) is 5.92 Å². The number of rotatable bonds is 4. The molecule has 1 aliphatic rings. The Morgan fingerprint density at radius 2 is 2.11 bits per heavy atom. The van der Waals surface area contributed by atoms with Gasteiger partial charge < -0.3 is 5.32 Å². The molecule has 19 heavy (non-hydrogen) atoms. The van der Waals surface area contributed by atoms with Crippen molar-refractivity contribution < 1.29 is 4.79 Å². The van der Waals surface area contributed by atoms with E-state index in [4.69, 9.17) is 11.6 Å². The van der Waals surface area contributed by atoms with E-state index in [0.29, 0.717) is 17.4 Å². The minimum Gasteiger partial charge on any atom is -0.348 e. The lowest BCUT2D eigenvalue weighted by atomic mass is 10.3. The monoisotopic (exact) mass is 277 g/mol. The standard InChI is InChI=1S/C12H12ClN5O/c13-9-3-5-10(6-4-9)18-11(15-16-17-18)7-14-12(19)8-1-2-8/h3-6,8H,1-2,7H2,(H,14,19). The van der Waals surface area contributed by atoms with Crippen molar-refractivity contribution in [2.24, 2.45) is 5.92 Å². The van der Waals surface area contributed by atoms with Crippen molar-refractivity contribution >= 4 is 17.5 Å². The molecular weight excluding hydrogens is 266 g/mol. The van der Waals surface area contributed by atoms with Crippen molar-refractivity contribution in [2.45, 2.75) is 19.4 Å². The third-order valence-electron chi connectivity index (χ3n) is 2.97. The van der Waals surface area contributed by atoms with Crippen LogP contribution in [0.25, 0.3) is 5.69 Å². The summed E-state index contributed by atoms with van der Waals surface area (Å²) in [5.74, 6) is 0.849. The van der Waals surface area contributed by atoms with Gasteiger partial charge in [-0.15, -0.1) is 5.10 Å². The molecule has 6 nitrogen and oxygen atoms in total. The third-order valence-corrected chi connectivity index (χ3v) is 3.23. The van der Waals surface area contributed by atoms with Crippen LogP contribution in [0.2, 0.25) is 5.02 Å². The number of hydrogen-bond acceptors (Lipinski definition) is 4. The number of aromatic nitrogens is 4. The molecule has 0 radical (unpaired) electrons.